The predicted molar refractivity (Wildman–Crippen MR) is 99.0 cm³/mol. The molecular formula is C20H18ClNO5. The Bertz CT molecular complexity index is 896. The van der Waals surface area contributed by atoms with Gasteiger partial charge in [-0.15, -0.1) is 0 Å². The lowest BCUT2D eigenvalue weighted by Gasteiger charge is -2.16. The molecule has 2 aromatic carbocycles. The maximum atomic E-state index is 12.4. The highest BCUT2D eigenvalue weighted by molar-refractivity contribution is 6.32. The summed E-state index contributed by atoms with van der Waals surface area (Å²) in [6.07, 6.45) is 0.147. The maximum absolute atomic E-state index is 12.4. The first-order valence-electron chi connectivity index (χ1n) is 8.63. The van der Waals surface area contributed by atoms with Crippen LogP contribution in [0.1, 0.15) is 17.5 Å². The molecule has 4 rings (SSSR count). The summed E-state index contributed by atoms with van der Waals surface area (Å²) in [5.41, 5.74) is 2.62. The van der Waals surface area contributed by atoms with Gasteiger partial charge >= 0.3 is 5.97 Å². The lowest BCUT2D eigenvalue weighted by atomic mass is 10.1. The Morgan fingerprint density at radius 3 is 2.81 bits per heavy atom. The highest BCUT2D eigenvalue weighted by Gasteiger charge is 2.36. The van der Waals surface area contributed by atoms with Crippen molar-refractivity contribution >= 4 is 29.2 Å². The minimum atomic E-state index is -0.483. The van der Waals surface area contributed by atoms with Gasteiger partial charge in [-0.1, -0.05) is 29.3 Å². The van der Waals surface area contributed by atoms with Crippen LogP contribution in [0.4, 0.5) is 5.69 Å². The quantitative estimate of drug-likeness (QED) is 0.751. The van der Waals surface area contributed by atoms with E-state index < -0.39 is 11.9 Å². The third-order valence-electron chi connectivity index (χ3n) is 4.67. The van der Waals surface area contributed by atoms with E-state index in [4.69, 9.17) is 25.8 Å². The molecule has 1 fully saturated rings. The van der Waals surface area contributed by atoms with Crippen molar-refractivity contribution in [1.29, 1.82) is 0 Å². The van der Waals surface area contributed by atoms with Crippen molar-refractivity contribution in [3.8, 4) is 11.5 Å². The number of esters is 1. The Balaban J connectivity index is 1.38. The zero-order valence-electron chi connectivity index (χ0n) is 14.7. The number of carbonyl (C=O) groups excluding carboxylic acids is 2. The molecule has 0 aromatic heterocycles. The van der Waals surface area contributed by atoms with E-state index in [1.807, 2.05) is 31.2 Å². The van der Waals surface area contributed by atoms with Crippen molar-refractivity contribution in [3.05, 3.63) is 52.5 Å². The second kappa shape index (κ2) is 7.12. The van der Waals surface area contributed by atoms with E-state index in [0.29, 0.717) is 28.6 Å². The average Bonchev–Trinajstić information content (AvgIpc) is 3.27. The van der Waals surface area contributed by atoms with E-state index in [9.17, 15) is 9.59 Å². The van der Waals surface area contributed by atoms with E-state index in [1.54, 1.807) is 17.0 Å². The topological polar surface area (TPSA) is 65.1 Å². The van der Waals surface area contributed by atoms with Gasteiger partial charge in [0.15, 0.2) is 11.5 Å². The predicted octanol–water partition coefficient (Wildman–Crippen LogP) is 3.47. The summed E-state index contributed by atoms with van der Waals surface area (Å²) in [7, 11) is 0. The largest absolute Gasteiger partial charge is 0.461 e. The second-order valence-corrected chi connectivity index (χ2v) is 7.07. The molecule has 2 heterocycles. The van der Waals surface area contributed by atoms with Gasteiger partial charge in [0.25, 0.3) is 0 Å². The lowest BCUT2D eigenvalue weighted by molar-refractivity contribution is -0.149. The molecule has 2 aliphatic heterocycles. The van der Waals surface area contributed by atoms with Crippen LogP contribution in [0.15, 0.2) is 36.4 Å². The van der Waals surface area contributed by atoms with Gasteiger partial charge < -0.3 is 19.1 Å². The number of aryl methyl sites for hydroxylation is 1. The zero-order chi connectivity index (χ0) is 19.0. The summed E-state index contributed by atoms with van der Waals surface area (Å²) in [5.74, 6) is 0.0824. The molecule has 7 heteroatoms. The lowest BCUT2D eigenvalue weighted by Crippen LogP contribution is -2.26. The van der Waals surface area contributed by atoms with Gasteiger partial charge in [0, 0.05) is 18.7 Å². The molecule has 0 saturated carbocycles. The van der Waals surface area contributed by atoms with Crippen LogP contribution in [0.5, 0.6) is 11.5 Å². The average molecular weight is 388 g/mol. The molecule has 1 saturated heterocycles. The number of benzene rings is 2. The Labute approximate surface area is 161 Å². The molecule has 2 aliphatic rings. The van der Waals surface area contributed by atoms with Gasteiger partial charge in [-0.2, -0.15) is 0 Å². The molecule has 2 aromatic rings. The summed E-state index contributed by atoms with van der Waals surface area (Å²) in [4.78, 5) is 26.3. The molecule has 140 valence electrons. The molecule has 1 amide bonds. The zero-order valence-corrected chi connectivity index (χ0v) is 15.5. The van der Waals surface area contributed by atoms with E-state index in [1.165, 1.54) is 0 Å². The molecule has 1 unspecified atom stereocenters. The first-order valence-corrected chi connectivity index (χ1v) is 9.01. The van der Waals surface area contributed by atoms with Crippen LogP contribution in [-0.2, 0) is 20.9 Å². The SMILES string of the molecule is Cc1ccc(N2CC(C(=O)OCc3cc(Cl)c4c(c3)OCO4)CC2=O)cc1. The molecule has 1 atom stereocenters. The Kier molecular flexibility index (Phi) is 4.66. The third-order valence-corrected chi connectivity index (χ3v) is 4.95. The van der Waals surface area contributed by atoms with E-state index in [0.717, 1.165) is 11.3 Å². The molecular weight excluding hydrogens is 370 g/mol. The minimum absolute atomic E-state index is 0.0599. The number of hydrogen-bond acceptors (Lipinski definition) is 5. The number of halogens is 1. The van der Waals surface area contributed by atoms with Gasteiger partial charge in [-0.05, 0) is 36.8 Å². The van der Waals surface area contributed by atoms with E-state index >= 15 is 0 Å². The van der Waals surface area contributed by atoms with Crippen molar-refractivity contribution in [1.82, 2.24) is 0 Å². The summed E-state index contributed by atoms with van der Waals surface area (Å²) < 4.78 is 16.0. The maximum Gasteiger partial charge on any atom is 0.311 e. The number of amides is 1. The van der Waals surface area contributed by atoms with Crippen LogP contribution in [0, 0.1) is 12.8 Å². The van der Waals surface area contributed by atoms with E-state index in [-0.39, 0.29) is 25.7 Å². The van der Waals surface area contributed by atoms with Crippen LogP contribution >= 0.6 is 11.6 Å². The van der Waals surface area contributed by atoms with Crippen molar-refractivity contribution in [3.63, 3.8) is 0 Å². The highest BCUT2D eigenvalue weighted by atomic mass is 35.5. The molecule has 0 spiro atoms. The number of nitrogens with zero attached hydrogens (tertiary/aromatic N) is 1. The van der Waals surface area contributed by atoms with Crippen LogP contribution in [0.3, 0.4) is 0 Å². The van der Waals surface area contributed by atoms with Crippen molar-refractivity contribution in [2.24, 2.45) is 5.92 Å². The number of anilines is 1. The van der Waals surface area contributed by atoms with Crippen LogP contribution in [-0.4, -0.2) is 25.2 Å². The Morgan fingerprint density at radius 2 is 2.04 bits per heavy atom. The van der Waals surface area contributed by atoms with Crippen molar-refractivity contribution < 1.29 is 23.8 Å². The Hall–Kier alpha value is -2.73. The fraction of sp³-hybridized carbons (Fsp3) is 0.300. The molecule has 27 heavy (non-hydrogen) atoms. The number of hydrogen-bond donors (Lipinski definition) is 0. The van der Waals surface area contributed by atoms with Gasteiger partial charge in [0.05, 0.1) is 10.9 Å². The first kappa shape index (κ1) is 17.7. The number of carbonyl (C=O) groups is 2. The van der Waals surface area contributed by atoms with Gasteiger partial charge in [0.2, 0.25) is 12.7 Å². The monoisotopic (exact) mass is 387 g/mol. The minimum Gasteiger partial charge on any atom is -0.461 e. The molecule has 6 nitrogen and oxygen atoms in total. The fourth-order valence-corrected chi connectivity index (χ4v) is 3.50. The summed E-state index contributed by atoms with van der Waals surface area (Å²) in [6, 6.07) is 11.1. The summed E-state index contributed by atoms with van der Waals surface area (Å²) in [5, 5.41) is 0.414. The van der Waals surface area contributed by atoms with Crippen LogP contribution in [0.2, 0.25) is 5.02 Å². The first-order chi connectivity index (χ1) is 13.0. The van der Waals surface area contributed by atoms with Gasteiger partial charge in [0.1, 0.15) is 6.61 Å². The second-order valence-electron chi connectivity index (χ2n) is 6.66. The number of fused-ring (bicyclic) bond motifs is 1. The van der Waals surface area contributed by atoms with Gasteiger partial charge in [-0.25, -0.2) is 0 Å². The Morgan fingerprint density at radius 1 is 1.26 bits per heavy atom. The molecule has 0 aliphatic carbocycles. The smallest absolute Gasteiger partial charge is 0.311 e. The normalized spacial score (nSPS) is 18.1. The number of ether oxygens (including phenoxy) is 3. The van der Waals surface area contributed by atoms with Crippen molar-refractivity contribution in [2.45, 2.75) is 20.0 Å². The molecule has 0 bridgehead atoms. The summed E-state index contributed by atoms with van der Waals surface area (Å²) >= 11 is 6.14. The molecule has 0 radical (unpaired) electrons. The fourth-order valence-electron chi connectivity index (χ4n) is 3.22. The summed E-state index contributed by atoms with van der Waals surface area (Å²) in [6.45, 7) is 2.49. The van der Waals surface area contributed by atoms with Crippen LogP contribution in [0.25, 0.3) is 0 Å². The van der Waals surface area contributed by atoms with Crippen molar-refractivity contribution in [2.75, 3.05) is 18.2 Å². The molecule has 0 N–H and O–H groups in total. The van der Waals surface area contributed by atoms with E-state index in [2.05, 4.69) is 0 Å². The van der Waals surface area contributed by atoms with Crippen LogP contribution < -0.4 is 14.4 Å². The number of rotatable bonds is 4. The standard InChI is InChI=1S/C20H18ClNO5/c1-12-2-4-15(5-3-12)22-9-14(8-18(22)23)20(24)25-10-13-6-16(21)19-17(7-13)26-11-27-19/h2-7,14H,8-11H2,1H3. The highest BCUT2D eigenvalue weighted by Crippen LogP contribution is 2.40. The third kappa shape index (κ3) is 3.57. The van der Waals surface area contributed by atoms with Gasteiger partial charge in [-0.3, -0.25) is 9.59 Å².